The molecule has 2 rings (SSSR count). The molecule has 0 saturated heterocycles. The largest absolute Gasteiger partial charge is 0.490 e. The summed E-state index contributed by atoms with van der Waals surface area (Å²) in [4.78, 5) is 12.7. The molecule has 5 heteroatoms. The lowest BCUT2D eigenvalue weighted by Gasteiger charge is -2.21. The van der Waals surface area contributed by atoms with Crippen molar-refractivity contribution in [1.82, 2.24) is 5.32 Å². The fraction of sp³-hybridized carbons (Fsp3) is 0.480. The lowest BCUT2D eigenvalue weighted by molar-refractivity contribution is -0.128. The van der Waals surface area contributed by atoms with E-state index < -0.39 is 6.10 Å². The lowest BCUT2D eigenvalue weighted by atomic mass is 9.87. The van der Waals surface area contributed by atoms with Gasteiger partial charge in [0.15, 0.2) is 17.6 Å². The van der Waals surface area contributed by atoms with Crippen molar-refractivity contribution in [2.75, 3.05) is 13.2 Å². The molecule has 0 unspecified atom stereocenters. The summed E-state index contributed by atoms with van der Waals surface area (Å²) < 4.78 is 17.2. The Bertz CT molecular complexity index is 809. The van der Waals surface area contributed by atoms with Crippen LogP contribution in [0.5, 0.6) is 17.2 Å². The van der Waals surface area contributed by atoms with E-state index in [9.17, 15) is 4.79 Å². The molecule has 0 aliphatic heterocycles. The van der Waals surface area contributed by atoms with Crippen LogP contribution in [0.2, 0.25) is 0 Å². The number of carbonyl (C=O) groups is 1. The van der Waals surface area contributed by atoms with Gasteiger partial charge in [-0.1, -0.05) is 45.9 Å². The van der Waals surface area contributed by atoms with E-state index in [1.165, 1.54) is 5.56 Å². The van der Waals surface area contributed by atoms with Crippen LogP contribution in [0.15, 0.2) is 42.5 Å². The molecule has 0 aliphatic rings. The maximum atomic E-state index is 12.7. The molecule has 1 amide bonds. The Labute approximate surface area is 180 Å². The molecule has 0 aromatic heterocycles. The number of carbonyl (C=O) groups excluding carboxylic acids is 1. The third-order valence-corrected chi connectivity index (χ3v) is 4.74. The van der Waals surface area contributed by atoms with Gasteiger partial charge in [-0.2, -0.15) is 0 Å². The second kappa shape index (κ2) is 10.9. The van der Waals surface area contributed by atoms with Gasteiger partial charge in [-0.25, -0.2) is 0 Å². The van der Waals surface area contributed by atoms with E-state index in [-0.39, 0.29) is 11.3 Å². The highest BCUT2D eigenvalue weighted by Crippen LogP contribution is 2.28. The molecule has 30 heavy (non-hydrogen) atoms. The first-order valence-electron chi connectivity index (χ1n) is 10.7. The fourth-order valence-corrected chi connectivity index (χ4v) is 3.03. The van der Waals surface area contributed by atoms with E-state index in [2.05, 4.69) is 38.2 Å². The van der Waals surface area contributed by atoms with Gasteiger partial charge in [-0.3, -0.25) is 4.79 Å². The molecule has 0 saturated carbocycles. The van der Waals surface area contributed by atoms with E-state index in [4.69, 9.17) is 14.2 Å². The summed E-state index contributed by atoms with van der Waals surface area (Å²) >= 11 is 0. The third kappa shape index (κ3) is 6.68. The summed E-state index contributed by atoms with van der Waals surface area (Å²) in [7, 11) is 0. The number of hydrogen-bond donors (Lipinski definition) is 1. The van der Waals surface area contributed by atoms with Gasteiger partial charge in [-0.15, -0.1) is 0 Å². The number of amides is 1. The zero-order valence-corrected chi connectivity index (χ0v) is 19.1. The lowest BCUT2D eigenvalue weighted by Crippen LogP contribution is -2.37. The van der Waals surface area contributed by atoms with Crippen molar-refractivity contribution < 1.29 is 19.0 Å². The van der Waals surface area contributed by atoms with Crippen molar-refractivity contribution in [1.29, 1.82) is 0 Å². The number of ether oxygens (including phenoxy) is 3. The predicted molar refractivity (Wildman–Crippen MR) is 120 cm³/mol. The van der Waals surface area contributed by atoms with Crippen LogP contribution in [-0.4, -0.2) is 25.2 Å². The Balaban J connectivity index is 1.99. The van der Waals surface area contributed by atoms with Gasteiger partial charge in [0, 0.05) is 6.54 Å². The summed E-state index contributed by atoms with van der Waals surface area (Å²) in [5.74, 6) is 1.96. The van der Waals surface area contributed by atoms with E-state index in [1.807, 2.05) is 51.1 Å². The first kappa shape index (κ1) is 23.6. The topological polar surface area (TPSA) is 56.8 Å². The van der Waals surface area contributed by atoms with E-state index >= 15 is 0 Å². The second-order valence-corrected chi connectivity index (χ2v) is 8.15. The molecule has 164 valence electrons. The van der Waals surface area contributed by atoms with Crippen LogP contribution >= 0.6 is 0 Å². The van der Waals surface area contributed by atoms with E-state index in [0.717, 1.165) is 5.56 Å². The summed E-state index contributed by atoms with van der Waals surface area (Å²) in [5.41, 5.74) is 2.26. The van der Waals surface area contributed by atoms with Crippen LogP contribution in [0.4, 0.5) is 0 Å². The number of rotatable bonds is 10. The average molecular weight is 414 g/mol. The fourth-order valence-electron chi connectivity index (χ4n) is 3.03. The highest BCUT2D eigenvalue weighted by atomic mass is 16.5. The molecular formula is C25H35NO4. The van der Waals surface area contributed by atoms with Crippen molar-refractivity contribution in [3.8, 4) is 17.2 Å². The molecule has 0 fully saturated rings. The number of nitrogens with one attached hydrogen (secondary N) is 1. The molecule has 5 nitrogen and oxygen atoms in total. The monoisotopic (exact) mass is 413 g/mol. The molecule has 0 radical (unpaired) electrons. The minimum Gasteiger partial charge on any atom is -0.490 e. The number of hydrogen-bond acceptors (Lipinski definition) is 4. The predicted octanol–water partition coefficient (Wildman–Crippen LogP) is 5.26. The molecule has 0 heterocycles. The zero-order valence-electron chi connectivity index (χ0n) is 19.1. The Hall–Kier alpha value is -2.69. The minimum atomic E-state index is -0.542. The Morgan fingerprint density at radius 1 is 0.933 bits per heavy atom. The first-order chi connectivity index (χ1) is 14.3. The molecule has 0 aliphatic carbocycles. The normalized spacial score (nSPS) is 12.2. The SMILES string of the molecule is CCOc1ccc(CNC(=O)[C@H](CC)Oc2ccc(C(C)(C)C)cc2)cc1OCC. The second-order valence-electron chi connectivity index (χ2n) is 8.15. The van der Waals surface area contributed by atoms with Crippen molar-refractivity contribution >= 4 is 5.91 Å². The van der Waals surface area contributed by atoms with E-state index in [0.29, 0.717) is 43.4 Å². The average Bonchev–Trinajstić information content (AvgIpc) is 2.72. The summed E-state index contributed by atoms with van der Waals surface area (Å²) in [6.45, 7) is 13.8. The summed E-state index contributed by atoms with van der Waals surface area (Å²) in [5, 5.41) is 2.97. The Morgan fingerprint density at radius 2 is 1.57 bits per heavy atom. The molecule has 2 aromatic rings. The summed E-state index contributed by atoms with van der Waals surface area (Å²) in [6.07, 6.45) is 0.0416. The van der Waals surface area contributed by atoms with Gasteiger partial charge in [0.25, 0.3) is 5.91 Å². The van der Waals surface area contributed by atoms with Gasteiger partial charge in [-0.05, 0) is 61.1 Å². The summed E-state index contributed by atoms with van der Waals surface area (Å²) in [6, 6.07) is 13.7. The number of benzene rings is 2. The maximum Gasteiger partial charge on any atom is 0.261 e. The Kier molecular flexibility index (Phi) is 8.58. The van der Waals surface area contributed by atoms with Crippen molar-refractivity contribution in [3.05, 3.63) is 53.6 Å². The maximum absolute atomic E-state index is 12.7. The standard InChI is InChI=1S/C25H35NO4/c1-7-21(30-20-13-11-19(12-14-20)25(4,5)6)24(27)26-17-18-10-15-22(28-8-2)23(16-18)29-9-3/h10-16,21H,7-9,17H2,1-6H3,(H,26,27)/t21-/m0/s1. The van der Waals surface area contributed by atoms with Gasteiger partial charge >= 0.3 is 0 Å². The van der Waals surface area contributed by atoms with Crippen LogP contribution in [0, 0.1) is 0 Å². The first-order valence-corrected chi connectivity index (χ1v) is 10.7. The van der Waals surface area contributed by atoms with Crippen LogP contribution in [0.1, 0.15) is 59.1 Å². The van der Waals surface area contributed by atoms with Crippen LogP contribution in [0.3, 0.4) is 0 Å². The van der Waals surface area contributed by atoms with E-state index in [1.54, 1.807) is 0 Å². The minimum absolute atomic E-state index is 0.0815. The van der Waals surface area contributed by atoms with Gasteiger partial charge in [0.05, 0.1) is 13.2 Å². The molecule has 2 aromatic carbocycles. The van der Waals surface area contributed by atoms with Crippen molar-refractivity contribution in [3.63, 3.8) is 0 Å². The third-order valence-electron chi connectivity index (χ3n) is 4.74. The van der Waals surface area contributed by atoms with Crippen LogP contribution in [0.25, 0.3) is 0 Å². The molecule has 0 spiro atoms. The molecule has 1 atom stereocenters. The van der Waals surface area contributed by atoms with Gasteiger partial charge < -0.3 is 19.5 Å². The highest BCUT2D eigenvalue weighted by molar-refractivity contribution is 5.81. The smallest absolute Gasteiger partial charge is 0.261 e. The zero-order chi connectivity index (χ0) is 22.1. The quantitative estimate of drug-likeness (QED) is 0.578. The van der Waals surface area contributed by atoms with Crippen LogP contribution < -0.4 is 19.5 Å². The molecular weight excluding hydrogens is 378 g/mol. The molecule has 0 bridgehead atoms. The van der Waals surface area contributed by atoms with Gasteiger partial charge in [0.2, 0.25) is 0 Å². The van der Waals surface area contributed by atoms with Gasteiger partial charge in [0.1, 0.15) is 5.75 Å². The highest BCUT2D eigenvalue weighted by Gasteiger charge is 2.19. The Morgan fingerprint density at radius 3 is 2.13 bits per heavy atom. The van der Waals surface area contributed by atoms with Crippen molar-refractivity contribution in [2.24, 2.45) is 0 Å². The van der Waals surface area contributed by atoms with Crippen molar-refractivity contribution in [2.45, 2.75) is 66.0 Å². The molecule has 1 N–H and O–H groups in total. The van der Waals surface area contributed by atoms with Crippen LogP contribution in [-0.2, 0) is 16.8 Å².